The Hall–Kier alpha value is -2.24. The Labute approximate surface area is 134 Å². The van der Waals surface area contributed by atoms with Crippen LogP contribution in [0.15, 0.2) is 55.0 Å². The smallest absolute Gasteiger partial charge is 0.155 e. The summed E-state index contributed by atoms with van der Waals surface area (Å²) < 4.78 is 1.75. The zero-order valence-corrected chi connectivity index (χ0v) is 12.9. The van der Waals surface area contributed by atoms with Crippen molar-refractivity contribution >= 4 is 11.6 Å². The molecule has 3 rings (SSSR count). The Morgan fingerprint density at radius 2 is 2.09 bits per heavy atom. The maximum Gasteiger partial charge on any atom is 0.155 e. The number of aromatic nitrogens is 4. The van der Waals surface area contributed by atoms with Gasteiger partial charge in [0.2, 0.25) is 0 Å². The molecule has 0 aliphatic heterocycles. The fraction of sp³-hybridized carbons (Fsp3) is 0.188. The molecule has 1 N–H and O–H groups in total. The van der Waals surface area contributed by atoms with Crippen LogP contribution in [0.25, 0.3) is 5.82 Å². The van der Waals surface area contributed by atoms with Gasteiger partial charge in [0.25, 0.3) is 0 Å². The molecule has 0 amide bonds. The first kappa shape index (κ1) is 14.7. The van der Waals surface area contributed by atoms with Gasteiger partial charge in [0.05, 0.1) is 6.04 Å². The summed E-state index contributed by atoms with van der Waals surface area (Å²) in [5.74, 6) is 1.58. The minimum absolute atomic E-state index is 0.0310. The SMILES string of the molecule is CC(NCc1cccc(Cl)c1)c1ncnn1-c1ccccn1. The summed E-state index contributed by atoms with van der Waals surface area (Å²) in [6, 6.07) is 13.5. The van der Waals surface area contributed by atoms with Crippen LogP contribution in [0, 0.1) is 0 Å². The quantitative estimate of drug-likeness (QED) is 0.786. The lowest BCUT2D eigenvalue weighted by atomic mass is 10.2. The third kappa shape index (κ3) is 3.32. The molecule has 22 heavy (non-hydrogen) atoms. The molecule has 1 unspecified atom stereocenters. The second-order valence-corrected chi connectivity index (χ2v) is 5.39. The van der Waals surface area contributed by atoms with Crippen molar-refractivity contribution < 1.29 is 0 Å². The first-order valence-electron chi connectivity index (χ1n) is 7.03. The molecular weight excluding hydrogens is 298 g/mol. The summed E-state index contributed by atoms with van der Waals surface area (Å²) in [6.07, 6.45) is 3.28. The Balaban J connectivity index is 1.73. The van der Waals surface area contributed by atoms with E-state index in [0.29, 0.717) is 6.54 Å². The molecule has 0 saturated carbocycles. The van der Waals surface area contributed by atoms with Crippen LogP contribution in [0.2, 0.25) is 5.02 Å². The van der Waals surface area contributed by atoms with E-state index in [-0.39, 0.29) is 6.04 Å². The number of nitrogens with zero attached hydrogens (tertiary/aromatic N) is 4. The van der Waals surface area contributed by atoms with E-state index >= 15 is 0 Å². The Kier molecular flexibility index (Phi) is 4.46. The van der Waals surface area contributed by atoms with Gasteiger partial charge in [-0.05, 0) is 36.8 Å². The van der Waals surface area contributed by atoms with Crippen LogP contribution in [0.1, 0.15) is 24.4 Å². The van der Waals surface area contributed by atoms with E-state index in [4.69, 9.17) is 11.6 Å². The minimum atomic E-state index is 0.0310. The van der Waals surface area contributed by atoms with Gasteiger partial charge in [-0.2, -0.15) is 9.78 Å². The van der Waals surface area contributed by atoms with Crippen molar-refractivity contribution in [3.8, 4) is 5.82 Å². The lowest BCUT2D eigenvalue weighted by molar-refractivity contribution is 0.530. The van der Waals surface area contributed by atoms with Crippen LogP contribution in [0.5, 0.6) is 0 Å². The van der Waals surface area contributed by atoms with E-state index in [1.54, 1.807) is 17.2 Å². The van der Waals surface area contributed by atoms with Gasteiger partial charge in [0, 0.05) is 17.8 Å². The van der Waals surface area contributed by atoms with Crippen LogP contribution in [0.4, 0.5) is 0 Å². The van der Waals surface area contributed by atoms with Crippen LogP contribution in [-0.2, 0) is 6.54 Å². The number of hydrogen-bond acceptors (Lipinski definition) is 4. The largest absolute Gasteiger partial charge is 0.303 e. The van der Waals surface area contributed by atoms with E-state index in [1.165, 1.54) is 0 Å². The molecule has 0 radical (unpaired) electrons. The molecule has 1 aromatic carbocycles. The fourth-order valence-electron chi connectivity index (χ4n) is 2.21. The maximum absolute atomic E-state index is 6.00. The van der Waals surface area contributed by atoms with Gasteiger partial charge in [-0.15, -0.1) is 0 Å². The zero-order valence-electron chi connectivity index (χ0n) is 12.1. The van der Waals surface area contributed by atoms with Crippen molar-refractivity contribution in [1.82, 2.24) is 25.1 Å². The molecule has 112 valence electrons. The molecule has 6 heteroatoms. The average molecular weight is 314 g/mol. The summed E-state index contributed by atoms with van der Waals surface area (Å²) >= 11 is 6.00. The van der Waals surface area contributed by atoms with Crippen molar-refractivity contribution in [3.63, 3.8) is 0 Å². The van der Waals surface area contributed by atoms with Gasteiger partial charge in [-0.25, -0.2) is 9.97 Å². The number of halogens is 1. The van der Waals surface area contributed by atoms with Crippen LogP contribution in [-0.4, -0.2) is 19.7 Å². The summed E-state index contributed by atoms with van der Waals surface area (Å²) in [6.45, 7) is 2.75. The first-order chi connectivity index (χ1) is 10.7. The van der Waals surface area contributed by atoms with Crippen LogP contribution >= 0.6 is 11.6 Å². The number of hydrogen-bond donors (Lipinski definition) is 1. The lowest BCUT2D eigenvalue weighted by Gasteiger charge is -2.14. The van der Waals surface area contributed by atoms with E-state index in [9.17, 15) is 0 Å². The van der Waals surface area contributed by atoms with E-state index in [1.807, 2.05) is 49.4 Å². The molecule has 0 bridgehead atoms. The summed E-state index contributed by atoms with van der Waals surface area (Å²) in [7, 11) is 0. The van der Waals surface area contributed by atoms with Gasteiger partial charge in [0.1, 0.15) is 6.33 Å². The number of rotatable bonds is 5. The first-order valence-corrected chi connectivity index (χ1v) is 7.41. The second-order valence-electron chi connectivity index (χ2n) is 4.95. The molecular formula is C16H16ClN5. The summed E-state index contributed by atoms with van der Waals surface area (Å²) in [4.78, 5) is 8.66. The van der Waals surface area contributed by atoms with Gasteiger partial charge >= 0.3 is 0 Å². The van der Waals surface area contributed by atoms with E-state index in [2.05, 4.69) is 20.4 Å². The minimum Gasteiger partial charge on any atom is -0.303 e. The highest BCUT2D eigenvalue weighted by Crippen LogP contribution is 2.15. The van der Waals surface area contributed by atoms with Gasteiger partial charge in [-0.3, -0.25) is 0 Å². The predicted octanol–water partition coefficient (Wildman–Crippen LogP) is 3.17. The Morgan fingerprint density at radius 1 is 1.18 bits per heavy atom. The topological polar surface area (TPSA) is 55.6 Å². The third-order valence-corrected chi connectivity index (χ3v) is 3.56. The highest BCUT2D eigenvalue weighted by atomic mass is 35.5. The van der Waals surface area contributed by atoms with Crippen LogP contribution < -0.4 is 5.32 Å². The maximum atomic E-state index is 6.00. The zero-order chi connectivity index (χ0) is 15.4. The van der Waals surface area contributed by atoms with E-state index < -0.39 is 0 Å². The van der Waals surface area contributed by atoms with Crippen molar-refractivity contribution in [2.45, 2.75) is 19.5 Å². The monoisotopic (exact) mass is 313 g/mol. The Morgan fingerprint density at radius 3 is 2.86 bits per heavy atom. The van der Waals surface area contributed by atoms with Gasteiger partial charge in [-0.1, -0.05) is 29.8 Å². The van der Waals surface area contributed by atoms with Gasteiger partial charge < -0.3 is 5.32 Å². The number of benzene rings is 1. The van der Waals surface area contributed by atoms with Crippen LogP contribution in [0.3, 0.4) is 0 Å². The second kappa shape index (κ2) is 6.68. The molecule has 0 aliphatic carbocycles. The third-order valence-electron chi connectivity index (χ3n) is 3.33. The molecule has 0 saturated heterocycles. The number of pyridine rings is 1. The highest BCUT2D eigenvalue weighted by molar-refractivity contribution is 6.30. The van der Waals surface area contributed by atoms with Crippen molar-refractivity contribution in [2.75, 3.05) is 0 Å². The summed E-state index contributed by atoms with van der Waals surface area (Å²) in [5.41, 5.74) is 1.13. The van der Waals surface area contributed by atoms with Crippen molar-refractivity contribution in [1.29, 1.82) is 0 Å². The molecule has 3 aromatic rings. The molecule has 0 spiro atoms. The predicted molar refractivity (Wildman–Crippen MR) is 85.9 cm³/mol. The normalized spacial score (nSPS) is 12.3. The Bertz CT molecular complexity index is 741. The summed E-state index contributed by atoms with van der Waals surface area (Å²) in [5, 5.41) is 8.43. The number of nitrogens with one attached hydrogen (secondary N) is 1. The van der Waals surface area contributed by atoms with E-state index in [0.717, 1.165) is 22.2 Å². The fourth-order valence-corrected chi connectivity index (χ4v) is 2.42. The average Bonchev–Trinajstić information content (AvgIpc) is 3.03. The molecule has 0 aliphatic rings. The molecule has 1 atom stereocenters. The van der Waals surface area contributed by atoms with Crippen molar-refractivity contribution in [2.24, 2.45) is 0 Å². The lowest BCUT2D eigenvalue weighted by Crippen LogP contribution is -2.22. The standard InChI is InChI=1S/C16H16ClN5/c1-12(19-10-13-5-4-6-14(17)9-13)16-20-11-21-22(16)15-7-2-3-8-18-15/h2-9,11-12,19H,10H2,1H3. The molecule has 5 nitrogen and oxygen atoms in total. The molecule has 2 heterocycles. The van der Waals surface area contributed by atoms with Crippen molar-refractivity contribution in [3.05, 3.63) is 71.4 Å². The molecule has 0 fully saturated rings. The molecule has 2 aromatic heterocycles. The van der Waals surface area contributed by atoms with Gasteiger partial charge in [0.15, 0.2) is 11.6 Å². The highest BCUT2D eigenvalue weighted by Gasteiger charge is 2.14.